The topological polar surface area (TPSA) is 58.0 Å². The average Bonchev–Trinajstić information content (AvgIpc) is 2.15. The van der Waals surface area contributed by atoms with Crippen LogP contribution in [0, 0.1) is 0 Å². The predicted octanol–water partition coefficient (Wildman–Crippen LogP) is 4.39. The molecule has 0 aromatic carbocycles. The molecular formula is C11H21N3OSi. The van der Waals surface area contributed by atoms with E-state index < -0.39 is 8.32 Å². The molecule has 0 amide bonds. The van der Waals surface area contributed by atoms with Gasteiger partial charge < -0.3 is 4.43 Å². The van der Waals surface area contributed by atoms with Crippen molar-refractivity contribution in [3.8, 4) is 0 Å². The number of rotatable bonds is 7. The Kier molecular flexibility index (Phi) is 7.42. The smallest absolute Gasteiger partial charge is 0.242 e. The van der Waals surface area contributed by atoms with E-state index in [9.17, 15) is 0 Å². The van der Waals surface area contributed by atoms with Crippen molar-refractivity contribution in [3.63, 3.8) is 0 Å². The summed E-state index contributed by atoms with van der Waals surface area (Å²) in [5.74, 6) is 0.933. The minimum Gasteiger partial charge on any atom is -0.545 e. The molecule has 0 spiro atoms. The Morgan fingerprint density at radius 1 is 1.44 bits per heavy atom. The summed E-state index contributed by atoms with van der Waals surface area (Å²) in [4.78, 5) is 2.70. The lowest BCUT2D eigenvalue weighted by Crippen LogP contribution is -2.24. The number of allylic oxidation sites excluding steroid dienone is 2. The molecule has 5 heteroatoms. The Labute approximate surface area is 98.8 Å². The molecule has 0 atom stereocenters. The highest BCUT2D eigenvalue weighted by molar-refractivity contribution is 6.70. The second kappa shape index (κ2) is 8.02. The van der Waals surface area contributed by atoms with Crippen LogP contribution in [0.1, 0.15) is 19.8 Å². The molecule has 0 aromatic heterocycles. The van der Waals surface area contributed by atoms with Gasteiger partial charge in [0.25, 0.3) is 0 Å². The first-order valence-electron chi connectivity index (χ1n) is 5.56. The highest BCUT2D eigenvalue weighted by Gasteiger charge is 2.16. The van der Waals surface area contributed by atoms with Gasteiger partial charge in [-0.3, -0.25) is 0 Å². The van der Waals surface area contributed by atoms with Crippen LogP contribution in [0.3, 0.4) is 0 Å². The molecule has 0 saturated heterocycles. The zero-order valence-corrected chi connectivity index (χ0v) is 11.6. The molecule has 0 aliphatic rings. The summed E-state index contributed by atoms with van der Waals surface area (Å²) in [7, 11) is -1.53. The average molecular weight is 239 g/mol. The van der Waals surface area contributed by atoms with Gasteiger partial charge in [0, 0.05) is 11.5 Å². The first-order valence-corrected chi connectivity index (χ1v) is 8.97. The molecule has 0 heterocycles. The van der Waals surface area contributed by atoms with E-state index in [4.69, 9.17) is 9.96 Å². The van der Waals surface area contributed by atoms with Gasteiger partial charge in [-0.15, -0.1) is 0 Å². The van der Waals surface area contributed by atoms with Gasteiger partial charge in [0.1, 0.15) is 0 Å². The highest BCUT2D eigenvalue weighted by atomic mass is 28.4. The van der Waals surface area contributed by atoms with Crippen molar-refractivity contribution in [2.75, 3.05) is 6.54 Å². The van der Waals surface area contributed by atoms with Crippen molar-refractivity contribution < 1.29 is 4.43 Å². The zero-order valence-electron chi connectivity index (χ0n) is 10.6. The summed E-state index contributed by atoms with van der Waals surface area (Å²) in [6.45, 7) is 9.06. The summed E-state index contributed by atoms with van der Waals surface area (Å²) in [6.07, 6.45) is 7.73. The maximum Gasteiger partial charge on any atom is 0.242 e. The Morgan fingerprint density at radius 3 is 2.62 bits per heavy atom. The molecule has 0 bridgehead atoms. The molecular weight excluding hydrogens is 218 g/mol. The van der Waals surface area contributed by atoms with E-state index in [1.165, 1.54) is 0 Å². The van der Waals surface area contributed by atoms with Gasteiger partial charge in [-0.2, -0.15) is 0 Å². The standard InChI is InChI=1S/C11H21N3OSi/c1-5-8-11(15-16(2,3)4)9-6-7-10-13-14-12/h6,8-9H,5,7,10H2,1-4H3/b9-6+,11-8-. The number of hydrogen-bond acceptors (Lipinski definition) is 2. The van der Waals surface area contributed by atoms with E-state index in [1.807, 2.05) is 12.2 Å². The zero-order chi connectivity index (χ0) is 12.4. The maximum absolute atomic E-state index is 8.12. The second-order valence-electron chi connectivity index (χ2n) is 4.37. The van der Waals surface area contributed by atoms with Crippen LogP contribution in [0.25, 0.3) is 10.4 Å². The highest BCUT2D eigenvalue weighted by Crippen LogP contribution is 2.12. The molecule has 0 aliphatic heterocycles. The van der Waals surface area contributed by atoms with E-state index in [-0.39, 0.29) is 0 Å². The molecule has 0 radical (unpaired) electrons. The van der Waals surface area contributed by atoms with Gasteiger partial charge in [0.15, 0.2) is 0 Å². The number of azide groups is 1. The van der Waals surface area contributed by atoms with Gasteiger partial charge in [-0.25, -0.2) is 0 Å². The summed E-state index contributed by atoms with van der Waals surface area (Å²) >= 11 is 0. The Bertz CT molecular complexity index is 299. The fourth-order valence-electron chi connectivity index (χ4n) is 1.07. The molecule has 0 rings (SSSR count). The first-order chi connectivity index (χ1) is 7.49. The molecule has 90 valence electrons. The van der Waals surface area contributed by atoms with Crippen LogP contribution < -0.4 is 0 Å². The summed E-state index contributed by atoms with van der Waals surface area (Å²) in [5, 5.41) is 3.47. The van der Waals surface area contributed by atoms with Gasteiger partial charge >= 0.3 is 0 Å². The SMILES string of the molecule is CC/C=C(/C=C/CCN=[N+]=[N-])O[Si](C)(C)C. The molecule has 0 saturated carbocycles. The van der Waals surface area contributed by atoms with Crippen molar-refractivity contribution in [3.05, 3.63) is 34.4 Å². The van der Waals surface area contributed by atoms with E-state index in [2.05, 4.69) is 42.7 Å². The van der Waals surface area contributed by atoms with Crippen LogP contribution in [0.5, 0.6) is 0 Å². The molecule has 0 aliphatic carbocycles. The van der Waals surface area contributed by atoms with Crippen LogP contribution in [0.4, 0.5) is 0 Å². The minimum absolute atomic E-state index is 0.499. The van der Waals surface area contributed by atoms with Crippen LogP contribution in [-0.4, -0.2) is 14.9 Å². The fourth-order valence-corrected chi connectivity index (χ4v) is 1.93. The van der Waals surface area contributed by atoms with Gasteiger partial charge in [-0.1, -0.05) is 18.1 Å². The third-order valence-electron chi connectivity index (χ3n) is 1.57. The largest absolute Gasteiger partial charge is 0.545 e. The summed E-state index contributed by atoms with van der Waals surface area (Å²) in [6, 6.07) is 0. The van der Waals surface area contributed by atoms with Crippen molar-refractivity contribution in [2.24, 2.45) is 5.11 Å². The normalized spacial score (nSPS) is 12.6. The molecule has 4 nitrogen and oxygen atoms in total. The third kappa shape index (κ3) is 9.37. The molecule has 16 heavy (non-hydrogen) atoms. The fraction of sp³-hybridized carbons (Fsp3) is 0.636. The van der Waals surface area contributed by atoms with Gasteiger partial charge in [0.05, 0.1) is 5.76 Å². The maximum atomic E-state index is 8.12. The first kappa shape index (κ1) is 14.8. The summed E-state index contributed by atoms with van der Waals surface area (Å²) in [5.41, 5.74) is 8.12. The summed E-state index contributed by atoms with van der Waals surface area (Å²) < 4.78 is 5.89. The van der Waals surface area contributed by atoms with E-state index in [1.54, 1.807) is 0 Å². The lowest BCUT2D eigenvalue weighted by molar-refractivity contribution is 0.439. The van der Waals surface area contributed by atoms with Crippen molar-refractivity contribution in [1.82, 2.24) is 0 Å². The van der Waals surface area contributed by atoms with Crippen molar-refractivity contribution in [1.29, 1.82) is 0 Å². The lowest BCUT2D eigenvalue weighted by Gasteiger charge is -2.19. The lowest BCUT2D eigenvalue weighted by atomic mass is 10.3. The van der Waals surface area contributed by atoms with Crippen LogP contribution in [-0.2, 0) is 4.43 Å². The second-order valence-corrected chi connectivity index (χ2v) is 8.80. The van der Waals surface area contributed by atoms with E-state index >= 15 is 0 Å². The van der Waals surface area contributed by atoms with Crippen LogP contribution in [0.2, 0.25) is 19.6 Å². The predicted molar refractivity (Wildman–Crippen MR) is 70.6 cm³/mol. The van der Waals surface area contributed by atoms with E-state index in [0.29, 0.717) is 6.54 Å². The molecule has 0 unspecified atom stereocenters. The Balaban J connectivity index is 4.24. The van der Waals surface area contributed by atoms with Crippen LogP contribution >= 0.6 is 0 Å². The van der Waals surface area contributed by atoms with Crippen molar-refractivity contribution in [2.45, 2.75) is 39.4 Å². The molecule has 0 N–H and O–H groups in total. The van der Waals surface area contributed by atoms with Gasteiger partial charge in [0.2, 0.25) is 8.32 Å². The Hall–Kier alpha value is -1.19. The molecule has 0 fully saturated rings. The monoisotopic (exact) mass is 239 g/mol. The third-order valence-corrected chi connectivity index (χ3v) is 2.42. The number of nitrogens with zero attached hydrogens (tertiary/aromatic N) is 3. The van der Waals surface area contributed by atoms with E-state index in [0.717, 1.165) is 18.6 Å². The quantitative estimate of drug-likeness (QED) is 0.124. The Morgan fingerprint density at radius 2 is 2.12 bits per heavy atom. The molecule has 0 aromatic rings. The van der Waals surface area contributed by atoms with Gasteiger partial charge in [-0.05, 0) is 50.2 Å². The number of hydrogen-bond donors (Lipinski definition) is 0. The van der Waals surface area contributed by atoms with Crippen molar-refractivity contribution >= 4 is 8.32 Å². The van der Waals surface area contributed by atoms with Crippen LogP contribution in [0.15, 0.2) is 29.1 Å². The minimum atomic E-state index is -1.53.